The number of hydrogen-bond donors (Lipinski definition) is 1. The van der Waals surface area contributed by atoms with Crippen molar-refractivity contribution in [2.75, 3.05) is 0 Å². The molecule has 2 N–H and O–H groups in total. The van der Waals surface area contributed by atoms with Gasteiger partial charge in [0.2, 0.25) is 0 Å². The van der Waals surface area contributed by atoms with E-state index in [9.17, 15) is 0 Å². The van der Waals surface area contributed by atoms with Gasteiger partial charge in [0.25, 0.3) is 0 Å². The number of para-hydroxylation sites is 1. The normalized spacial score (nSPS) is 12.2. The molecule has 3 rings (SSSR count). The van der Waals surface area contributed by atoms with Gasteiger partial charge in [0.05, 0.1) is 11.4 Å². The largest absolute Gasteiger partial charge is 0.398 e. The zero-order chi connectivity index (χ0) is 15.9. The highest BCUT2D eigenvalue weighted by molar-refractivity contribution is 6.13. The molecule has 0 heterocycles. The van der Waals surface area contributed by atoms with E-state index in [0.29, 0.717) is 5.70 Å². The van der Waals surface area contributed by atoms with Gasteiger partial charge >= 0.3 is 0 Å². The van der Waals surface area contributed by atoms with E-state index in [-0.39, 0.29) is 0 Å². The summed E-state index contributed by atoms with van der Waals surface area (Å²) in [6.45, 7) is 0. The molecule has 0 fully saturated rings. The Hall–Kier alpha value is -3.13. The van der Waals surface area contributed by atoms with Crippen LogP contribution in [0.2, 0.25) is 0 Å². The van der Waals surface area contributed by atoms with Gasteiger partial charge in [-0.05, 0) is 23.8 Å². The van der Waals surface area contributed by atoms with Gasteiger partial charge in [0.15, 0.2) is 0 Å². The molecule has 0 amide bonds. The summed E-state index contributed by atoms with van der Waals surface area (Å²) >= 11 is 0. The van der Waals surface area contributed by atoms with Gasteiger partial charge in [-0.25, -0.2) is 4.99 Å². The van der Waals surface area contributed by atoms with Gasteiger partial charge in [0, 0.05) is 11.3 Å². The van der Waals surface area contributed by atoms with Crippen LogP contribution in [0.5, 0.6) is 0 Å². The Morgan fingerprint density at radius 3 is 1.70 bits per heavy atom. The predicted octanol–water partition coefficient (Wildman–Crippen LogP) is 4.81. The molecule has 2 nitrogen and oxygen atoms in total. The summed E-state index contributed by atoms with van der Waals surface area (Å²) in [5, 5.41) is 0. The highest BCUT2D eigenvalue weighted by Gasteiger charge is 2.03. The number of benzene rings is 3. The predicted molar refractivity (Wildman–Crippen MR) is 97.7 cm³/mol. The van der Waals surface area contributed by atoms with Gasteiger partial charge in [-0.2, -0.15) is 0 Å². The van der Waals surface area contributed by atoms with Crippen molar-refractivity contribution in [3.63, 3.8) is 0 Å². The second-order valence-electron chi connectivity index (χ2n) is 5.16. The molecule has 0 radical (unpaired) electrons. The smallest absolute Gasteiger partial charge is 0.0729 e. The van der Waals surface area contributed by atoms with Crippen LogP contribution >= 0.6 is 0 Å². The van der Waals surface area contributed by atoms with E-state index in [2.05, 4.69) is 0 Å². The van der Waals surface area contributed by atoms with Crippen LogP contribution in [0.25, 0.3) is 5.70 Å². The number of nitrogens with two attached hydrogens (primary N) is 1. The van der Waals surface area contributed by atoms with Crippen molar-refractivity contribution >= 4 is 17.1 Å². The standard InChI is InChI=1S/C21H18N2/c22-20(17-10-4-1-5-11-17)16-21(18-12-6-2-7-13-18)23-19-14-8-3-9-15-19/h1-16H,22H2/b20-16-,23-21?. The monoisotopic (exact) mass is 298 g/mol. The molecule has 0 spiro atoms. The van der Waals surface area contributed by atoms with Crippen molar-refractivity contribution in [3.05, 3.63) is 108 Å². The molecule has 23 heavy (non-hydrogen) atoms. The molecule has 0 bridgehead atoms. The van der Waals surface area contributed by atoms with Crippen molar-refractivity contribution in [2.24, 2.45) is 10.7 Å². The molecule has 0 saturated carbocycles. The Bertz CT molecular complexity index is 804. The van der Waals surface area contributed by atoms with Crippen LogP contribution in [0, 0.1) is 0 Å². The van der Waals surface area contributed by atoms with Crippen LogP contribution in [0.3, 0.4) is 0 Å². The molecule has 3 aromatic carbocycles. The summed E-state index contributed by atoms with van der Waals surface area (Å²) in [5.41, 5.74) is 10.7. The maximum absolute atomic E-state index is 6.27. The number of nitrogens with zero attached hydrogens (tertiary/aromatic N) is 1. The summed E-state index contributed by atoms with van der Waals surface area (Å²) in [6, 6.07) is 29.9. The third-order valence-electron chi connectivity index (χ3n) is 3.47. The van der Waals surface area contributed by atoms with Crippen molar-refractivity contribution in [1.82, 2.24) is 0 Å². The SMILES string of the molecule is N/C(=C\C(=Nc1ccccc1)c1ccccc1)c1ccccc1. The first-order chi connectivity index (χ1) is 11.3. The number of allylic oxidation sites excluding steroid dienone is 1. The average Bonchev–Trinajstić information content (AvgIpc) is 2.63. The summed E-state index contributed by atoms with van der Waals surface area (Å²) in [5.74, 6) is 0. The second-order valence-corrected chi connectivity index (χ2v) is 5.16. The van der Waals surface area contributed by atoms with Gasteiger partial charge in [0.1, 0.15) is 0 Å². The first-order valence-corrected chi connectivity index (χ1v) is 7.55. The highest BCUT2D eigenvalue weighted by Crippen LogP contribution is 2.16. The van der Waals surface area contributed by atoms with Crippen molar-refractivity contribution in [3.8, 4) is 0 Å². The first kappa shape index (κ1) is 14.8. The van der Waals surface area contributed by atoms with Gasteiger partial charge < -0.3 is 5.73 Å². The molecule has 0 saturated heterocycles. The fourth-order valence-electron chi connectivity index (χ4n) is 2.29. The van der Waals surface area contributed by atoms with E-state index in [1.165, 1.54) is 0 Å². The van der Waals surface area contributed by atoms with E-state index >= 15 is 0 Å². The van der Waals surface area contributed by atoms with Crippen LogP contribution in [0.4, 0.5) is 5.69 Å². The molecule has 0 aliphatic carbocycles. The lowest BCUT2D eigenvalue weighted by molar-refractivity contribution is 1.48. The molecule has 0 aliphatic rings. The fraction of sp³-hybridized carbons (Fsp3) is 0. The highest BCUT2D eigenvalue weighted by atomic mass is 14.7. The van der Waals surface area contributed by atoms with E-state index in [1.807, 2.05) is 97.1 Å². The van der Waals surface area contributed by atoms with Gasteiger partial charge in [-0.15, -0.1) is 0 Å². The van der Waals surface area contributed by atoms with E-state index in [0.717, 1.165) is 22.5 Å². The summed E-state index contributed by atoms with van der Waals surface area (Å²) < 4.78 is 0. The Morgan fingerprint density at radius 2 is 1.13 bits per heavy atom. The summed E-state index contributed by atoms with van der Waals surface area (Å²) in [7, 11) is 0. The Morgan fingerprint density at radius 1 is 0.652 bits per heavy atom. The van der Waals surface area contributed by atoms with Gasteiger partial charge in [-0.1, -0.05) is 78.9 Å². The first-order valence-electron chi connectivity index (χ1n) is 7.55. The second kappa shape index (κ2) is 7.23. The number of rotatable bonds is 4. The molecule has 0 aromatic heterocycles. The van der Waals surface area contributed by atoms with Crippen LogP contribution in [-0.2, 0) is 0 Å². The third kappa shape index (κ3) is 3.95. The zero-order valence-electron chi connectivity index (χ0n) is 12.8. The lowest BCUT2D eigenvalue weighted by atomic mass is 10.1. The molecule has 0 atom stereocenters. The third-order valence-corrected chi connectivity index (χ3v) is 3.47. The van der Waals surface area contributed by atoms with Crippen molar-refractivity contribution < 1.29 is 0 Å². The van der Waals surface area contributed by atoms with Gasteiger partial charge in [-0.3, -0.25) is 0 Å². The zero-order valence-corrected chi connectivity index (χ0v) is 12.8. The molecule has 0 aliphatic heterocycles. The van der Waals surface area contributed by atoms with E-state index in [4.69, 9.17) is 10.7 Å². The topological polar surface area (TPSA) is 38.4 Å². The molecular formula is C21H18N2. The van der Waals surface area contributed by atoms with Crippen LogP contribution in [0.15, 0.2) is 102 Å². The van der Waals surface area contributed by atoms with Crippen LogP contribution in [-0.4, -0.2) is 5.71 Å². The van der Waals surface area contributed by atoms with Crippen molar-refractivity contribution in [2.45, 2.75) is 0 Å². The fourth-order valence-corrected chi connectivity index (χ4v) is 2.29. The molecular weight excluding hydrogens is 280 g/mol. The average molecular weight is 298 g/mol. The van der Waals surface area contributed by atoms with E-state index < -0.39 is 0 Å². The van der Waals surface area contributed by atoms with E-state index in [1.54, 1.807) is 0 Å². The lowest BCUT2D eigenvalue weighted by Crippen LogP contribution is -2.03. The minimum absolute atomic E-state index is 0.698. The lowest BCUT2D eigenvalue weighted by Gasteiger charge is -2.06. The quantitative estimate of drug-likeness (QED) is 0.690. The minimum atomic E-state index is 0.698. The number of hydrogen-bond acceptors (Lipinski definition) is 2. The molecule has 3 aromatic rings. The molecule has 112 valence electrons. The maximum Gasteiger partial charge on any atom is 0.0729 e. The Balaban J connectivity index is 2.04. The summed E-state index contributed by atoms with van der Waals surface area (Å²) in [6.07, 6.45) is 1.93. The minimum Gasteiger partial charge on any atom is -0.398 e. The molecule has 2 heteroatoms. The van der Waals surface area contributed by atoms with Crippen molar-refractivity contribution in [1.29, 1.82) is 0 Å². The maximum atomic E-state index is 6.27. The van der Waals surface area contributed by atoms with Crippen LogP contribution in [0.1, 0.15) is 11.1 Å². The Labute approximate surface area is 136 Å². The Kier molecular flexibility index (Phi) is 4.65. The summed E-state index contributed by atoms with van der Waals surface area (Å²) in [4.78, 5) is 4.75. The molecule has 0 unspecified atom stereocenters. The van der Waals surface area contributed by atoms with Crippen LogP contribution < -0.4 is 5.73 Å². The number of aliphatic imine (C=N–C) groups is 1.